The van der Waals surface area contributed by atoms with Crippen LogP contribution in [0.15, 0.2) is 29.3 Å². The zero-order valence-corrected chi connectivity index (χ0v) is 13.3. The molecule has 1 amide bonds. The van der Waals surface area contributed by atoms with Crippen LogP contribution in [-0.2, 0) is 16.1 Å². The number of hydroxylamine groups is 2. The Morgan fingerprint density at radius 2 is 2.25 bits per heavy atom. The van der Waals surface area contributed by atoms with Crippen molar-refractivity contribution in [2.24, 2.45) is 0 Å². The number of allylic oxidation sites excluding steroid dienone is 1. The van der Waals surface area contributed by atoms with E-state index in [1.165, 1.54) is 14.2 Å². The van der Waals surface area contributed by atoms with E-state index < -0.39 is 6.10 Å². The maximum atomic E-state index is 11.9. The lowest BCUT2D eigenvalue weighted by molar-refractivity contribution is -0.175. The molecule has 0 aliphatic rings. The first-order valence-electron chi connectivity index (χ1n) is 6.01. The van der Waals surface area contributed by atoms with Gasteiger partial charge in [-0.15, -0.1) is 6.58 Å². The number of halogens is 1. The molecule has 20 heavy (non-hydrogen) atoms. The van der Waals surface area contributed by atoms with Gasteiger partial charge in [0.1, 0.15) is 16.0 Å². The molecule has 0 aliphatic carbocycles. The number of carbonyl (C=O) groups is 1. The summed E-state index contributed by atoms with van der Waals surface area (Å²) in [5.74, 6) is 0.148. The quantitative estimate of drug-likeness (QED) is 0.637. The van der Waals surface area contributed by atoms with Crippen molar-refractivity contribution < 1.29 is 19.5 Å². The normalized spacial score (nSPS) is 11.8. The van der Waals surface area contributed by atoms with Crippen LogP contribution in [0.1, 0.15) is 12.5 Å². The van der Waals surface area contributed by atoms with Crippen LogP contribution < -0.4 is 4.74 Å². The molecule has 0 radical (unpaired) electrons. The molecule has 0 bridgehead atoms. The van der Waals surface area contributed by atoms with E-state index in [0.29, 0.717) is 16.6 Å². The second-order valence-corrected chi connectivity index (χ2v) is 4.95. The number of hydrogen-bond donors (Lipinski definition) is 1. The molecule has 1 atom stereocenters. The molecule has 0 saturated carbocycles. The van der Waals surface area contributed by atoms with Gasteiger partial charge in [0.05, 0.1) is 7.11 Å². The van der Waals surface area contributed by atoms with E-state index in [2.05, 4.69) is 22.5 Å². The highest BCUT2D eigenvalue weighted by atomic mass is 79.9. The van der Waals surface area contributed by atoms with Crippen LogP contribution in [0, 0.1) is 0 Å². The van der Waals surface area contributed by atoms with E-state index in [9.17, 15) is 9.90 Å². The topological polar surface area (TPSA) is 59.0 Å². The van der Waals surface area contributed by atoms with Gasteiger partial charge in [-0.2, -0.15) is 0 Å². The summed E-state index contributed by atoms with van der Waals surface area (Å²) in [6.07, 6.45) is 1.54. The number of amides is 1. The van der Waals surface area contributed by atoms with Crippen LogP contribution in [0.2, 0.25) is 0 Å². The molecule has 5 nitrogen and oxygen atoms in total. The first kappa shape index (κ1) is 16.5. The third-order valence-corrected chi connectivity index (χ3v) is 3.52. The molecule has 110 valence electrons. The Morgan fingerprint density at radius 3 is 2.80 bits per heavy atom. The summed E-state index contributed by atoms with van der Waals surface area (Å²) >= 11 is 3.27. The maximum absolute atomic E-state index is 11.9. The zero-order valence-electron chi connectivity index (χ0n) is 11.7. The molecule has 0 saturated heterocycles. The van der Waals surface area contributed by atoms with Crippen molar-refractivity contribution in [3.8, 4) is 11.5 Å². The van der Waals surface area contributed by atoms with Gasteiger partial charge in [-0.25, -0.2) is 5.06 Å². The number of carbonyl (C=O) groups excluding carboxylic acids is 1. The third-order valence-electron chi connectivity index (χ3n) is 2.75. The largest absolute Gasteiger partial charge is 0.507 e. The van der Waals surface area contributed by atoms with Gasteiger partial charge in [-0.3, -0.25) is 9.63 Å². The van der Waals surface area contributed by atoms with Gasteiger partial charge in [0, 0.05) is 7.05 Å². The Balaban J connectivity index is 3.04. The average molecular weight is 344 g/mol. The number of likely N-dealkylation sites (N-methyl/N-ethyl adjacent to an activating group) is 1. The van der Waals surface area contributed by atoms with E-state index in [0.717, 1.165) is 10.6 Å². The van der Waals surface area contributed by atoms with E-state index in [-0.39, 0.29) is 11.7 Å². The average Bonchev–Trinajstić information content (AvgIpc) is 2.44. The number of benzene rings is 1. The number of ether oxygens (including phenoxy) is 1. The standard InChI is InChI=1S/C14H18BrNO4/c1-5-6-10-7-8-11(17)12(15)13(10)20-9(2)14(18)16(3)19-4/h5,7-9,17H,1,6H2,2-4H3/t9-/m1/s1. The Morgan fingerprint density at radius 1 is 1.60 bits per heavy atom. The van der Waals surface area contributed by atoms with Gasteiger partial charge in [0.2, 0.25) is 0 Å². The minimum atomic E-state index is -0.749. The van der Waals surface area contributed by atoms with Crippen LogP contribution in [0.5, 0.6) is 11.5 Å². The minimum Gasteiger partial charge on any atom is -0.507 e. The molecule has 0 heterocycles. The van der Waals surface area contributed by atoms with E-state index >= 15 is 0 Å². The highest BCUT2D eigenvalue weighted by Gasteiger charge is 2.22. The van der Waals surface area contributed by atoms with Crippen molar-refractivity contribution in [1.82, 2.24) is 5.06 Å². The van der Waals surface area contributed by atoms with Crippen LogP contribution in [0.4, 0.5) is 0 Å². The monoisotopic (exact) mass is 343 g/mol. The second-order valence-electron chi connectivity index (χ2n) is 4.16. The molecule has 1 aromatic carbocycles. The summed E-state index contributed by atoms with van der Waals surface area (Å²) < 4.78 is 6.08. The summed E-state index contributed by atoms with van der Waals surface area (Å²) in [6.45, 7) is 5.29. The number of phenols is 1. The summed E-state index contributed by atoms with van der Waals surface area (Å²) in [7, 11) is 2.91. The van der Waals surface area contributed by atoms with Gasteiger partial charge in [0.15, 0.2) is 6.10 Å². The number of rotatable bonds is 6. The third kappa shape index (κ3) is 3.74. The number of hydrogen-bond acceptors (Lipinski definition) is 4. The lowest BCUT2D eigenvalue weighted by Crippen LogP contribution is -2.37. The highest BCUT2D eigenvalue weighted by molar-refractivity contribution is 9.10. The van der Waals surface area contributed by atoms with Crippen LogP contribution in [-0.4, -0.2) is 36.3 Å². The molecule has 0 aromatic heterocycles. The smallest absolute Gasteiger partial charge is 0.286 e. The van der Waals surface area contributed by atoms with Crippen LogP contribution in [0.3, 0.4) is 0 Å². The van der Waals surface area contributed by atoms with Crippen molar-refractivity contribution in [3.63, 3.8) is 0 Å². The van der Waals surface area contributed by atoms with Gasteiger partial charge in [0.25, 0.3) is 5.91 Å². The van der Waals surface area contributed by atoms with Crippen LogP contribution >= 0.6 is 15.9 Å². The molecule has 0 spiro atoms. The zero-order chi connectivity index (χ0) is 15.3. The fraction of sp³-hybridized carbons (Fsp3) is 0.357. The Labute approximate surface area is 126 Å². The summed E-state index contributed by atoms with van der Waals surface area (Å²) in [4.78, 5) is 16.8. The van der Waals surface area contributed by atoms with E-state index in [1.54, 1.807) is 25.1 Å². The molecule has 0 unspecified atom stereocenters. The molecule has 1 rings (SSSR count). The lowest BCUT2D eigenvalue weighted by Gasteiger charge is -2.22. The van der Waals surface area contributed by atoms with Gasteiger partial charge >= 0.3 is 0 Å². The number of nitrogens with zero attached hydrogens (tertiary/aromatic N) is 1. The van der Waals surface area contributed by atoms with Gasteiger partial charge < -0.3 is 9.84 Å². The van der Waals surface area contributed by atoms with Crippen molar-refractivity contribution in [2.45, 2.75) is 19.4 Å². The Kier molecular flexibility index (Phi) is 6.04. The first-order chi connectivity index (χ1) is 9.42. The minimum absolute atomic E-state index is 0.0487. The predicted molar refractivity (Wildman–Crippen MR) is 79.6 cm³/mol. The fourth-order valence-electron chi connectivity index (χ4n) is 1.60. The fourth-order valence-corrected chi connectivity index (χ4v) is 2.08. The molecule has 1 N–H and O–H groups in total. The van der Waals surface area contributed by atoms with E-state index in [1.807, 2.05) is 0 Å². The Bertz CT molecular complexity index is 504. The van der Waals surface area contributed by atoms with E-state index in [4.69, 9.17) is 9.57 Å². The predicted octanol–water partition coefficient (Wildman–Crippen LogP) is 2.67. The lowest BCUT2D eigenvalue weighted by atomic mass is 10.1. The SMILES string of the molecule is C=CCc1ccc(O)c(Br)c1O[C@H](C)C(=O)N(C)OC. The molecular formula is C14H18BrNO4. The number of aromatic hydroxyl groups is 1. The number of phenolic OH excluding ortho intramolecular Hbond substituents is 1. The molecule has 1 aromatic rings. The second kappa shape index (κ2) is 7.31. The van der Waals surface area contributed by atoms with Crippen molar-refractivity contribution in [1.29, 1.82) is 0 Å². The van der Waals surface area contributed by atoms with Crippen molar-refractivity contribution in [2.75, 3.05) is 14.2 Å². The molecule has 0 fully saturated rings. The molecule has 6 heteroatoms. The molecular weight excluding hydrogens is 326 g/mol. The van der Waals surface area contributed by atoms with Gasteiger partial charge in [-0.05, 0) is 40.9 Å². The van der Waals surface area contributed by atoms with Gasteiger partial charge in [-0.1, -0.05) is 12.1 Å². The highest BCUT2D eigenvalue weighted by Crippen LogP contribution is 2.37. The maximum Gasteiger partial charge on any atom is 0.286 e. The van der Waals surface area contributed by atoms with Crippen LogP contribution in [0.25, 0.3) is 0 Å². The Hall–Kier alpha value is -1.53. The van der Waals surface area contributed by atoms with Crippen molar-refractivity contribution >= 4 is 21.8 Å². The van der Waals surface area contributed by atoms with Crippen molar-refractivity contribution in [3.05, 3.63) is 34.8 Å². The molecule has 0 aliphatic heterocycles. The summed E-state index contributed by atoms with van der Waals surface area (Å²) in [5, 5.41) is 10.8. The summed E-state index contributed by atoms with van der Waals surface area (Å²) in [5.41, 5.74) is 0.824. The summed E-state index contributed by atoms with van der Waals surface area (Å²) in [6, 6.07) is 3.29. The first-order valence-corrected chi connectivity index (χ1v) is 6.81.